The third-order valence-corrected chi connectivity index (χ3v) is 3.40. The Kier molecular flexibility index (Phi) is 1.87. The van der Waals surface area contributed by atoms with Crippen molar-refractivity contribution in [3.63, 3.8) is 0 Å². The molecule has 0 aromatic rings. The molecule has 0 spiro atoms. The second kappa shape index (κ2) is 2.83. The van der Waals surface area contributed by atoms with E-state index >= 15 is 0 Å². The smallest absolute Gasteiger partial charge is 0.310 e. The summed E-state index contributed by atoms with van der Waals surface area (Å²) in [5, 5.41) is 17.9. The zero-order valence-corrected chi connectivity index (χ0v) is 7.64. The third-order valence-electron chi connectivity index (χ3n) is 3.40. The molecular formula is C10H12O4. The predicted octanol–water partition coefficient (Wildman–Crippen LogP) is 1.13. The van der Waals surface area contributed by atoms with Gasteiger partial charge in [-0.25, -0.2) is 0 Å². The van der Waals surface area contributed by atoms with E-state index in [1.807, 2.05) is 12.2 Å². The maximum absolute atomic E-state index is 11.2. The van der Waals surface area contributed by atoms with Crippen molar-refractivity contribution in [1.29, 1.82) is 0 Å². The van der Waals surface area contributed by atoms with Gasteiger partial charge in [-0.1, -0.05) is 12.2 Å². The standard InChI is InChI=1S/C10H12O4/c11-8(12)5-10(9(13)14)4-6-1-2-7(10)3-6/h1-2,6-7H,3-5H2,(H,11,12)(H,13,14)/t6-,7+,10-/m0/s1. The van der Waals surface area contributed by atoms with Crippen LogP contribution in [0.15, 0.2) is 12.2 Å². The third kappa shape index (κ3) is 1.14. The van der Waals surface area contributed by atoms with Crippen LogP contribution >= 0.6 is 0 Å². The number of carbonyl (C=O) groups is 2. The van der Waals surface area contributed by atoms with E-state index in [2.05, 4.69) is 0 Å². The van der Waals surface area contributed by atoms with E-state index in [4.69, 9.17) is 10.2 Å². The highest BCUT2D eigenvalue weighted by molar-refractivity contribution is 5.82. The lowest BCUT2D eigenvalue weighted by Crippen LogP contribution is -2.37. The fraction of sp³-hybridized carbons (Fsp3) is 0.600. The van der Waals surface area contributed by atoms with Crippen molar-refractivity contribution < 1.29 is 19.8 Å². The fourth-order valence-electron chi connectivity index (χ4n) is 2.75. The second-order valence-electron chi connectivity index (χ2n) is 4.22. The van der Waals surface area contributed by atoms with E-state index < -0.39 is 17.4 Å². The minimum atomic E-state index is -1.04. The first kappa shape index (κ1) is 9.24. The van der Waals surface area contributed by atoms with Crippen LogP contribution in [-0.2, 0) is 9.59 Å². The molecule has 0 radical (unpaired) electrons. The average Bonchev–Trinajstić information content (AvgIpc) is 2.61. The monoisotopic (exact) mass is 196 g/mol. The van der Waals surface area contributed by atoms with Crippen molar-refractivity contribution in [1.82, 2.24) is 0 Å². The van der Waals surface area contributed by atoms with Gasteiger partial charge in [-0.3, -0.25) is 9.59 Å². The van der Waals surface area contributed by atoms with Crippen LogP contribution < -0.4 is 0 Å². The Hall–Kier alpha value is -1.32. The van der Waals surface area contributed by atoms with Gasteiger partial charge in [0.25, 0.3) is 0 Å². The van der Waals surface area contributed by atoms with Crippen LogP contribution in [-0.4, -0.2) is 22.2 Å². The summed E-state index contributed by atoms with van der Waals surface area (Å²) >= 11 is 0. The van der Waals surface area contributed by atoms with Crippen LogP contribution in [0.5, 0.6) is 0 Å². The summed E-state index contributed by atoms with van der Waals surface area (Å²) in [5.74, 6) is -1.79. The van der Waals surface area contributed by atoms with Crippen molar-refractivity contribution in [2.75, 3.05) is 0 Å². The molecule has 0 heterocycles. The number of carboxylic acid groups (broad SMARTS) is 2. The Bertz CT molecular complexity index is 320. The number of hydrogen-bond acceptors (Lipinski definition) is 2. The zero-order valence-electron chi connectivity index (χ0n) is 7.64. The first-order valence-corrected chi connectivity index (χ1v) is 4.68. The summed E-state index contributed by atoms with van der Waals surface area (Å²) in [5.41, 5.74) is -1.04. The van der Waals surface area contributed by atoms with Crippen LogP contribution in [0.4, 0.5) is 0 Å². The normalized spacial score (nSPS) is 38.9. The molecule has 0 aliphatic heterocycles. The zero-order chi connectivity index (χ0) is 10.3. The highest BCUT2D eigenvalue weighted by Gasteiger charge is 2.54. The summed E-state index contributed by atoms with van der Waals surface area (Å²) < 4.78 is 0. The number of hydrogen-bond donors (Lipinski definition) is 2. The van der Waals surface area contributed by atoms with Crippen molar-refractivity contribution in [2.45, 2.75) is 19.3 Å². The number of carboxylic acids is 2. The quantitative estimate of drug-likeness (QED) is 0.663. The molecule has 2 rings (SSSR count). The Labute approximate surface area is 81.2 Å². The van der Waals surface area contributed by atoms with Gasteiger partial charge < -0.3 is 10.2 Å². The van der Waals surface area contributed by atoms with Gasteiger partial charge in [0.05, 0.1) is 11.8 Å². The number of fused-ring (bicyclic) bond motifs is 2. The average molecular weight is 196 g/mol. The summed E-state index contributed by atoms with van der Waals surface area (Å²) in [6.07, 6.45) is 4.90. The molecule has 14 heavy (non-hydrogen) atoms. The van der Waals surface area contributed by atoms with E-state index in [-0.39, 0.29) is 18.3 Å². The van der Waals surface area contributed by atoms with Crippen LogP contribution in [0.1, 0.15) is 19.3 Å². The van der Waals surface area contributed by atoms with Gasteiger partial charge in [-0.2, -0.15) is 0 Å². The van der Waals surface area contributed by atoms with Crippen molar-refractivity contribution >= 4 is 11.9 Å². The van der Waals surface area contributed by atoms with E-state index in [0.29, 0.717) is 6.42 Å². The van der Waals surface area contributed by atoms with Crippen molar-refractivity contribution in [3.8, 4) is 0 Å². The van der Waals surface area contributed by atoms with Crippen molar-refractivity contribution in [2.24, 2.45) is 17.3 Å². The van der Waals surface area contributed by atoms with Crippen LogP contribution in [0.25, 0.3) is 0 Å². The lowest BCUT2D eigenvalue weighted by molar-refractivity contribution is -0.157. The van der Waals surface area contributed by atoms with Crippen LogP contribution in [0, 0.1) is 17.3 Å². The molecule has 2 N–H and O–H groups in total. The van der Waals surface area contributed by atoms with E-state index in [1.165, 1.54) is 0 Å². The van der Waals surface area contributed by atoms with E-state index in [9.17, 15) is 9.59 Å². The molecule has 4 nitrogen and oxygen atoms in total. The molecule has 2 bridgehead atoms. The number of aliphatic carboxylic acids is 2. The maximum atomic E-state index is 11.2. The Balaban J connectivity index is 2.29. The van der Waals surface area contributed by atoms with E-state index in [1.54, 1.807) is 0 Å². The SMILES string of the molecule is O=C(O)C[C@@]1(C(=O)O)C[C@H]2C=C[C@@H]1C2. The maximum Gasteiger partial charge on any atom is 0.310 e. The summed E-state index contributed by atoms with van der Waals surface area (Å²) in [4.78, 5) is 21.8. The predicted molar refractivity (Wildman–Crippen MR) is 47.7 cm³/mol. The fourth-order valence-corrected chi connectivity index (χ4v) is 2.75. The Morgan fingerprint density at radius 1 is 1.36 bits per heavy atom. The molecule has 0 saturated heterocycles. The summed E-state index contributed by atoms with van der Waals surface area (Å²) in [6, 6.07) is 0. The molecule has 1 saturated carbocycles. The number of allylic oxidation sites excluding steroid dienone is 2. The lowest BCUT2D eigenvalue weighted by Gasteiger charge is -2.29. The first-order chi connectivity index (χ1) is 6.54. The van der Waals surface area contributed by atoms with Gasteiger partial charge in [0.1, 0.15) is 0 Å². The van der Waals surface area contributed by atoms with Gasteiger partial charge in [0.15, 0.2) is 0 Å². The second-order valence-corrected chi connectivity index (χ2v) is 4.22. The largest absolute Gasteiger partial charge is 0.481 e. The van der Waals surface area contributed by atoms with E-state index in [0.717, 1.165) is 6.42 Å². The topological polar surface area (TPSA) is 74.6 Å². The molecular weight excluding hydrogens is 184 g/mol. The molecule has 0 amide bonds. The summed E-state index contributed by atoms with van der Waals surface area (Å²) in [6.45, 7) is 0. The van der Waals surface area contributed by atoms with Gasteiger partial charge in [-0.15, -0.1) is 0 Å². The highest BCUT2D eigenvalue weighted by atomic mass is 16.4. The Morgan fingerprint density at radius 3 is 2.43 bits per heavy atom. The van der Waals surface area contributed by atoms with Crippen LogP contribution in [0.3, 0.4) is 0 Å². The Morgan fingerprint density at radius 2 is 2.07 bits per heavy atom. The van der Waals surface area contributed by atoms with Gasteiger partial charge in [-0.05, 0) is 24.7 Å². The molecule has 0 aromatic carbocycles. The molecule has 1 fully saturated rings. The summed E-state index contributed by atoms with van der Waals surface area (Å²) in [7, 11) is 0. The highest BCUT2D eigenvalue weighted by Crippen LogP contribution is 2.54. The number of rotatable bonds is 3. The minimum absolute atomic E-state index is 0.0823. The molecule has 4 heteroatoms. The molecule has 3 atom stereocenters. The molecule has 2 aliphatic carbocycles. The van der Waals surface area contributed by atoms with Gasteiger partial charge in [0.2, 0.25) is 0 Å². The lowest BCUT2D eigenvalue weighted by atomic mass is 9.73. The van der Waals surface area contributed by atoms with Gasteiger partial charge >= 0.3 is 11.9 Å². The molecule has 0 aromatic heterocycles. The van der Waals surface area contributed by atoms with Crippen molar-refractivity contribution in [3.05, 3.63) is 12.2 Å². The molecule has 2 aliphatic rings. The van der Waals surface area contributed by atoms with Gasteiger partial charge in [0, 0.05) is 0 Å². The molecule has 0 unspecified atom stereocenters. The first-order valence-electron chi connectivity index (χ1n) is 4.68. The van der Waals surface area contributed by atoms with Crippen LogP contribution in [0.2, 0.25) is 0 Å². The molecule has 76 valence electrons. The minimum Gasteiger partial charge on any atom is -0.481 e.